The quantitative estimate of drug-likeness (QED) is 0.668. The van der Waals surface area contributed by atoms with Gasteiger partial charge in [-0.25, -0.2) is 4.79 Å². The van der Waals surface area contributed by atoms with Gasteiger partial charge in [0.05, 0.1) is 12.8 Å². The zero-order valence-corrected chi connectivity index (χ0v) is 13.8. The van der Waals surface area contributed by atoms with Gasteiger partial charge in [0.2, 0.25) is 6.79 Å². The lowest BCUT2D eigenvalue weighted by atomic mass is 10.0. The van der Waals surface area contributed by atoms with Gasteiger partial charge in [-0.05, 0) is 48.4 Å². The van der Waals surface area contributed by atoms with Crippen molar-refractivity contribution in [1.82, 2.24) is 10.2 Å². The molecule has 2 aliphatic rings. The van der Waals surface area contributed by atoms with Crippen LogP contribution in [-0.2, 0) is 16.1 Å². The first-order valence-corrected chi connectivity index (χ1v) is 7.84. The van der Waals surface area contributed by atoms with E-state index in [4.69, 9.17) is 13.9 Å². The van der Waals surface area contributed by atoms with Gasteiger partial charge in [0.15, 0.2) is 11.5 Å². The molecule has 4 rings (SSSR count). The Morgan fingerprint density at radius 1 is 1.19 bits per heavy atom. The molecule has 4 amide bonds. The third kappa shape index (κ3) is 2.71. The summed E-state index contributed by atoms with van der Waals surface area (Å²) in [7, 11) is 0. The van der Waals surface area contributed by atoms with Crippen molar-refractivity contribution < 1.29 is 28.3 Å². The van der Waals surface area contributed by atoms with Crippen LogP contribution in [0.5, 0.6) is 11.5 Å². The van der Waals surface area contributed by atoms with E-state index in [1.165, 1.54) is 12.3 Å². The molecular formula is C18H14N2O6. The molecule has 8 nitrogen and oxygen atoms in total. The second kappa shape index (κ2) is 6.07. The number of imide groups is 2. The second-order valence-electron chi connectivity index (χ2n) is 5.85. The van der Waals surface area contributed by atoms with Gasteiger partial charge >= 0.3 is 6.03 Å². The van der Waals surface area contributed by atoms with Crippen LogP contribution in [-0.4, -0.2) is 29.5 Å². The molecule has 26 heavy (non-hydrogen) atoms. The van der Waals surface area contributed by atoms with E-state index in [0.29, 0.717) is 22.8 Å². The number of hydrogen-bond donors (Lipinski definition) is 1. The Labute approximate surface area is 148 Å². The molecule has 0 radical (unpaired) electrons. The number of barbiturate groups is 1. The van der Waals surface area contributed by atoms with Gasteiger partial charge in [0, 0.05) is 0 Å². The average Bonchev–Trinajstić information content (AvgIpc) is 3.26. The van der Waals surface area contributed by atoms with Crippen molar-refractivity contribution in [2.45, 2.75) is 13.5 Å². The van der Waals surface area contributed by atoms with E-state index in [9.17, 15) is 14.4 Å². The SMILES string of the molecule is Cc1cc2c(cc1C=C1C(=O)NC(=O)N(Cc3ccco3)C1=O)OCO2. The molecule has 1 fully saturated rings. The molecular weight excluding hydrogens is 340 g/mol. The van der Waals surface area contributed by atoms with Crippen molar-refractivity contribution in [3.63, 3.8) is 0 Å². The summed E-state index contributed by atoms with van der Waals surface area (Å²) in [6, 6.07) is 5.97. The fourth-order valence-electron chi connectivity index (χ4n) is 2.77. The highest BCUT2D eigenvalue weighted by Crippen LogP contribution is 2.35. The predicted octanol–water partition coefficient (Wildman–Crippen LogP) is 1.98. The van der Waals surface area contributed by atoms with Crippen LogP contribution >= 0.6 is 0 Å². The maximum atomic E-state index is 12.7. The summed E-state index contributed by atoms with van der Waals surface area (Å²) in [5.41, 5.74) is 1.29. The van der Waals surface area contributed by atoms with E-state index < -0.39 is 17.8 Å². The number of nitrogens with zero attached hydrogens (tertiary/aromatic N) is 1. The number of urea groups is 1. The molecule has 1 N–H and O–H groups in total. The number of hydrogen-bond acceptors (Lipinski definition) is 6. The molecule has 1 aromatic heterocycles. The topological polar surface area (TPSA) is 98.1 Å². The van der Waals surface area contributed by atoms with Crippen LogP contribution < -0.4 is 14.8 Å². The van der Waals surface area contributed by atoms with Gasteiger partial charge in [-0.15, -0.1) is 0 Å². The third-order valence-corrected chi connectivity index (χ3v) is 4.14. The normalized spacial score (nSPS) is 17.8. The van der Waals surface area contributed by atoms with Crippen molar-refractivity contribution in [3.05, 3.63) is 53.0 Å². The fraction of sp³-hybridized carbons (Fsp3) is 0.167. The number of furan rings is 1. The van der Waals surface area contributed by atoms with E-state index in [1.54, 1.807) is 24.3 Å². The number of ether oxygens (including phenoxy) is 2. The Morgan fingerprint density at radius 3 is 2.69 bits per heavy atom. The minimum Gasteiger partial charge on any atom is -0.467 e. The molecule has 132 valence electrons. The van der Waals surface area contributed by atoms with Gasteiger partial charge in [0.25, 0.3) is 11.8 Å². The lowest BCUT2D eigenvalue weighted by molar-refractivity contribution is -0.130. The van der Waals surface area contributed by atoms with Crippen LogP contribution in [0.2, 0.25) is 0 Å². The van der Waals surface area contributed by atoms with E-state index in [0.717, 1.165) is 10.5 Å². The minimum absolute atomic E-state index is 0.0671. The molecule has 0 atom stereocenters. The van der Waals surface area contributed by atoms with E-state index in [-0.39, 0.29) is 18.9 Å². The van der Waals surface area contributed by atoms with Gasteiger partial charge in [0.1, 0.15) is 11.3 Å². The Bertz CT molecular complexity index is 945. The first-order valence-electron chi connectivity index (χ1n) is 7.84. The van der Waals surface area contributed by atoms with Crippen LogP contribution in [0, 0.1) is 6.92 Å². The summed E-state index contributed by atoms with van der Waals surface area (Å²) < 4.78 is 15.8. The monoisotopic (exact) mass is 354 g/mol. The highest BCUT2D eigenvalue weighted by atomic mass is 16.7. The molecule has 8 heteroatoms. The number of rotatable bonds is 3. The van der Waals surface area contributed by atoms with Crippen LogP contribution in [0.4, 0.5) is 4.79 Å². The van der Waals surface area contributed by atoms with Crippen molar-refractivity contribution in [3.8, 4) is 11.5 Å². The van der Waals surface area contributed by atoms with Crippen molar-refractivity contribution >= 4 is 23.9 Å². The van der Waals surface area contributed by atoms with Crippen LogP contribution in [0.3, 0.4) is 0 Å². The molecule has 0 bridgehead atoms. The van der Waals surface area contributed by atoms with Crippen molar-refractivity contribution in [2.24, 2.45) is 0 Å². The maximum absolute atomic E-state index is 12.7. The Kier molecular flexibility index (Phi) is 3.72. The standard InChI is InChI=1S/C18H14N2O6/c1-10-5-14-15(26-9-25-14)7-11(10)6-13-16(21)19-18(23)20(17(13)22)8-12-3-2-4-24-12/h2-7H,8-9H2,1H3,(H,19,21,23). The molecule has 3 heterocycles. The summed E-state index contributed by atoms with van der Waals surface area (Å²) in [4.78, 5) is 37.8. The number of carbonyl (C=O) groups excluding carboxylic acids is 3. The first kappa shape index (κ1) is 15.9. The predicted molar refractivity (Wildman–Crippen MR) is 88.1 cm³/mol. The van der Waals surface area contributed by atoms with Crippen LogP contribution in [0.15, 0.2) is 40.5 Å². The highest BCUT2D eigenvalue weighted by molar-refractivity contribution is 6.31. The van der Waals surface area contributed by atoms with E-state index in [1.807, 2.05) is 6.92 Å². The molecule has 1 aromatic carbocycles. The Hall–Kier alpha value is -3.55. The number of benzene rings is 1. The van der Waals surface area contributed by atoms with Crippen molar-refractivity contribution in [1.29, 1.82) is 0 Å². The molecule has 0 unspecified atom stereocenters. The summed E-state index contributed by atoms with van der Waals surface area (Å²) >= 11 is 0. The maximum Gasteiger partial charge on any atom is 0.331 e. The first-order chi connectivity index (χ1) is 12.5. The van der Waals surface area contributed by atoms with Crippen LogP contribution in [0.1, 0.15) is 16.9 Å². The molecule has 2 aliphatic heterocycles. The second-order valence-corrected chi connectivity index (χ2v) is 5.85. The summed E-state index contributed by atoms with van der Waals surface area (Å²) in [5, 5.41) is 2.18. The largest absolute Gasteiger partial charge is 0.467 e. The lowest BCUT2D eigenvalue weighted by Gasteiger charge is -2.25. The molecule has 0 aliphatic carbocycles. The third-order valence-electron chi connectivity index (χ3n) is 4.14. The Morgan fingerprint density at radius 2 is 1.96 bits per heavy atom. The Balaban J connectivity index is 1.68. The van der Waals surface area contributed by atoms with Gasteiger partial charge < -0.3 is 13.9 Å². The number of amides is 4. The number of carbonyl (C=O) groups is 3. The number of aryl methyl sites for hydroxylation is 1. The van der Waals surface area contributed by atoms with E-state index >= 15 is 0 Å². The fourth-order valence-corrected chi connectivity index (χ4v) is 2.77. The number of fused-ring (bicyclic) bond motifs is 1. The average molecular weight is 354 g/mol. The zero-order valence-electron chi connectivity index (χ0n) is 13.8. The zero-order chi connectivity index (χ0) is 18.3. The summed E-state index contributed by atoms with van der Waals surface area (Å²) in [5.74, 6) is 0.148. The smallest absolute Gasteiger partial charge is 0.331 e. The minimum atomic E-state index is -0.782. The molecule has 0 spiro atoms. The summed E-state index contributed by atoms with van der Waals surface area (Å²) in [6.07, 6.45) is 2.88. The molecule has 1 saturated heterocycles. The van der Waals surface area contributed by atoms with Gasteiger partial charge in [-0.3, -0.25) is 19.8 Å². The van der Waals surface area contributed by atoms with Crippen molar-refractivity contribution in [2.75, 3.05) is 6.79 Å². The summed E-state index contributed by atoms with van der Waals surface area (Å²) in [6.45, 7) is 1.88. The molecule has 0 saturated carbocycles. The molecule has 2 aromatic rings. The lowest BCUT2D eigenvalue weighted by Crippen LogP contribution is -2.53. The van der Waals surface area contributed by atoms with E-state index in [2.05, 4.69) is 5.32 Å². The number of nitrogens with one attached hydrogen (secondary N) is 1. The van der Waals surface area contributed by atoms with Gasteiger partial charge in [-0.2, -0.15) is 0 Å². The van der Waals surface area contributed by atoms with Crippen LogP contribution in [0.25, 0.3) is 6.08 Å². The highest BCUT2D eigenvalue weighted by Gasteiger charge is 2.36. The van der Waals surface area contributed by atoms with Gasteiger partial charge in [-0.1, -0.05) is 0 Å².